The Morgan fingerprint density at radius 2 is 1.64 bits per heavy atom. The van der Waals surface area contributed by atoms with Crippen LogP contribution in [0.5, 0.6) is 5.75 Å². The van der Waals surface area contributed by atoms with Crippen LogP contribution in [0.1, 0.15) is 16.1 Å². The first-order chi connectivity index (χ1) is 16.2. The van der Waals surface area contributed by atoms with Gasteiger partial charge in [-0.3, -0.25) is 9.78 Å². The summed E-state index contributed by atoms with van der Waals surface area (Å²) < 4.78 is 7.41. The SMILES string of the molecule is COc1cccc(Cn2c(C(=O)Nc3ccc(-c4ccncc4)cc3)cc3ccccc32)c1. The van der Waals surface area contributed by atoms with Gasteiger partial charge >= 0.3 is 0 Å². The minimum Gasteiger partial charge on any atom is -0.497 e. The molecule has 0 aliphatic rings. The van der Waals surface area contributed by atoms with Gasteiger partial charge in [-0.05, 0) is 65.2 Å². The smallest absolute Gasteiger partial charge is 0.272 e. The molecule has 0 spiro atoms. The van der Waals surface area contributed by atoms with Crippen LogP contribution in [0.25, 0.3) is 22.0 Å². The van der Waals surface area contributed by atoms with Gasteiger partial charge in [0, 0.05) is 35.5 Å². The van der Waals surface area contributed by atoms with Gasteiger partial charge in [0.15, 0.2) is 0 Å². The molecule has 33 heavy (non-hydrogen) atoms. The van der Waals surface area contributed by atoms with Crippen LogP contribution in [0.2, 0.25) is 0 Å². The van der Waals surface area contributed by atoms with Gasteiger partial charge in [0.25, 0.3) is 5.91 Å². The molecule has 162 valence electrons. The van der Waals surface area contributed by atoms with E-state index in [1.54, 1.807) is 19.5 Å². The number of hydrogen-bond donors (Lipinski definition) is 1. The zero-order valence-electron chi connectivity index (χ0n) is 18.2. The molecule has 0 saturated heterocycles. The number of methoxy groups -OCH3 is 1. The van der Waals surface area contributed by atoms with E-state index in [2.05, 4.69) is 10.3 Å². The van der Waals surface area contributed by atoms with Crippen LogP contribution in [0.3, 0.4) is 0 Å². The number of ether oxygens (including phenoxy) is 1. The quantitative estimate of drug-likeness (QED) is 0.357. The zero-order valence-corrected chi connectivity index (χ0v) is 18.2. The van der Waals surface area contributed by atoms with Gasteiger partial charge in [0.1, 0.15) is 11.4 Å². The van der Waals surface area contributed by atoms with E-state index >= 15 is 0 Å². The van der Waals surface area contributed by atoms with Crippen molar-refractivity contribution in [3.05, 3.63) is 115 Å². The van der Waals surface area contributed by atoms with Gasteiger partial charge in [0.05, 0.1) is 7.11 Å². The second-order valence-corrected chi connectivity index (χ2v) is 7.79. The summed E-state index contributed by atoms with van der Waals surface area (Å²) in [7, 11) is 1.66. The van der Waals surface area contributed by atoms with Crippen molar-refractivity contribution in [1.82, 2.24) is 9.55 Å². The molecule has 0 aliphatic heterocycles. The van der Waals surface area contributed by atoms with Gasteiger partial charge in [0.2, 0.25) is 0 Å². The number of anilines is 1. The highest BCUT2D eigenvalue weighted by Gasteiger charge is 2.16. The van der Waals surface area contributed by atoms with E-state index in [-0.39, 0.29) is 5.91 Å². The Bertz CT molecular complexity index is 1410. The van der Waals surface area contributed by atoms with Gasteiger partial charge in [-0.25, -0.2) is 0 Å². The molecule has 5 rings (SSSR count). The third-order valence-electron chi connectivity index (χ3n) is 5.67. The van der Waals surface area contributed by atoms with E-state index in [1.807, 2.05) is 95.6 Å². The van der Waals surface area contributed by atoms with Crippen LogP contribution in [0.4, 0.5) is 5.69 Å². The van der Waals surface area contributed by atoms with Crippen molar-refractivity contribution in [2.45, 2.75) is 6.54 Å². The highest BCUT2D eigenvalue weighted by molar-refractivity contribution is 6.06. The molecule has 0 radical (unpaired) electrons. The molecule has 0 aliphatic carbocycles. The van der Waals surface area contributed by atoms with Crippen molar-refractivity contribution in [3.63, 3.8) is 0 Å². The fraction of sp³-hybridized carbons (Fsp3) is 0.0714. The van der Waals surface area contributed by atoms with Crippen molar-refractivity contribution >= 4 is 22.5 Å². The molecule has 0 unspecified atom stereocenters. The minimum absolute atomic E-state index is 0.147. The number of hydrogen-bond acceptors (Lipinski definition) is 3. The summed E-state index contributed by atoms with van der Waals surface area (Å²) in [6.07, 6.45) is 3.54. The summed E-state index contributed by atoms with van der Waals surface area (Å²) in [5.41, 5.74) is 5.59. The zero-order chi connectivity index (χ0) is 22.6. The molecule has 0 bridgehead atoms. The lowest BCUT2D eigenvalue weighted by Gasteiger charge is -2.12. The Morgan fingerprint density at radius 1 is 0.879 bits per heavy atom. The van der Waals surface area contributed by atoms with Crippen molar-refractivity contribution in [2.24, 2.45) is 0 Å². The molecule has 3 aromatic carbocycles. The molecule has 1 N–H and O–H groups in total. The maximum atomic E-state index is 13.3. The first kappa shape index (κ1) is 20.5. The van der Waals surface area contributed by atoms with Crippen LogP contribution in [0.15, 0.2) is 103 Å². The molecular formula is C28H23N3O2. The molecule has 1 amide bonds. The average molecular weight is 434 g/mol. The lowest BCUT2D eigenvalue weighted by Crippen LogP contribution is -2.17. The second-order valence-electron chi connectivity index (χ2n) is 7.79. The third-order valence-corrected chi connectivity index (χ3v) is 5.67. The maximum absolute atomic E-state index is 13.3. The van der Waals surface area contributed by atoms with E-state index in [1.165, 1.54) is 0 Å². The molecular weight excluding hydrogens is 410 g/mol. The van der Waals surface area contributed by atoms with Crippen molar-refractivity contribution < 1.29 is 9.53 Å². The monoisotopic (exact) mass is 433 g/mol. The Hall–Kier alpha value is -4.38. The number of carbonyl (C=O) groups excluding carboxylic acids is 1. The van der Waals surface area contributed by atoms with Gasteiger partial charge in [-0.15, -0.1) is 0 Å². The molecule has 5 nitrogen and oxygen atoms in total. The number of pyridine rings is 1. The van der Waals surface area contributed by atoms with Crippen LogP contribution in [-0.2, 0) is 6.54 Å². The van der Waals surface area contributed by atoms with Gasteiger partial charge in [-0.2, -0.15) is 0 Å². The summed E-state index contributed by atoms with van der Waals surface area (Å²) in [5.74, 6) is 0.648. The molecule has 0 fully saturated rings. The summed E-state index contributed by atoms with van der Waals surface area (Å²) in [6.45, 7) is 0.564. The highest BCUT2D eigenvalue weighted by Crippen LogP contribution is 2.25. The molecule has 2 aromatic heterocycles. The summed E-state index contributed by atoms with van der Waals surface area (Å²) in [6, 6.07) is 29.6. The molecule has 5 aromatic rings. The summed E-state index contributed by atoms with van der Waals surface area (Å²) in [4.78, 5) is 17.4. The Labute approximate surface area is 192 Å². The van der Waals surface area contributed by atoms with E-state index in [4.69, 9.17) is 4.74 Å². The fourth-order valence-corrected chi connectivity index (χ4v) is 4.01. The van der Waals surface area contributed by atoms with E-state index < -0.39 is 0 Å². The maximum Gasteiger partial charge on any atom is 0.272 e. The Morgan fingerprint density at radius 3 is 2.42 bits per heavy atom. The fourth-order valence-electron chi connectivity index (χ4n) is 4.01. The van der Waals surface area contributed by atoms with Crippen molar-refractivity contribution in [1.29, 1.82) is 0 Å². The number of nitrogens with zero attached hydrogens (tertiary/aromatic N) is 2. The topological polar surface area (TPSA) is 56.1 Å². The lowest BCUT2D eigenvalue weighted by atomic mass is 10.1. The number of nitrogens with one attached hydrogen (secondary N) is 1. The number of amides is 1. The third kappa shape index (κ3) is 4.34. The van der Waals surface area contributed by atoms with Gasteiger partial charge < -0.3 is 14.6 Å². The summed E-state index contributed by atoms with van der Waals surface area (Å²) >= 11 is 0. The van der Waals surface area contributed by atoms with E-state index in [0.717, 1.165) is 39.0 Å². The molecule has 0 atom stereocenters. The standard InChI is InChI=1S/C28H23N3O2/c1-33-25-7-4-5-20(17-25)19-31-26-8-3-2-6-23(26)18-27(31)28(32)30-24-11-9-21(10-12-24)22-13-15-29-16-14-22/h2-18H,19H2,1H3,(H,30,32). The number of aromatic nitrogens is 2. The van der Waals surface area contributed by atoms with E-state index in [9.17, 15) is 4.79 Å². The highest BCUT2D eigenvalue weighted by atomic mass is 16.5. The van der Waals surface area contributed by atoms with Crippen LogP contribution >= 0.6 is 0 Å². The first-order valence-electron chi connectivity index (χ1n) is 10.7. The number of fused-ring (bicyclic) bond motifs is 1. The summed E-state index contributed by atoms with van der Waals surface area (Å²) in [5, 5.41) is 4.08. The Kier molecular flexibility index (Phi) is 5.60. The molecule has 2 heterocycles. The van der Waals surface area contributed by atoms with Crippen LogP contribution in [-0.4, -0.2) is 22.6 Å². The average Bonchev–Trinajstić information content (AvgIpc) is 3.24. The largest absolute Gasteiger partial charge is 0.497 e. The number of benzene rings is 3. The molecule has 0 saturated carbocycles. The van der Waals surface area contributed by atoms with E-state index in [0.29, 0.717) is 12.2 Å². The van der Waals surface area contributed by atoms with Crippen LogP contribution < -0.4 is 10.1 Å². The number of para-hydroxylation sites is 1. The van der Waals surface area contributed by atoms with Gasteiger partial charge in [-0.1, -0.05) is 42.5 Å². The minimum atomic E-state index is -0.147. The molecule has 5 heteroatoms. The predicted molar refractivity (Wildman–Crippen MR) is 132 cm³/mol. The van der Waals surface area contributed by atoms with Crippen LogP contribution in [0, 0.1) is 0 Å². The Balaban J connectivity index is 1.44. The van der Waals surface area contributed by atoms with Crippen molar-refractivity contribution in [3.8, 4) is 16.9 Å². The predicted octanol–water partition coefficient (Wildman–Crippen LogP) is 6.01. The first-order valence-corrected chi connectivity index (χ1v) is 10.7. The number of carbonyl (C=O) groups is 1. The normalized spacial score (nSPS) is 10.8. The van der Waals surface area contributed by atoms with Crippen molar-refractivity contribution in [2.75, 3.05) is 12.4 Å². The lowest BCUT2D eigenvalue weighted by molar-refractivity contribution is 0.101. The second kappa shape index (κ2) is 9.01. The number of rotatable bonds is 6.